The Bertz CT molecular complexity index is 453. The van der Waals surface area contributed by atoms with E-state index in [0.717, 1.165) is 0 Å². The Morgan fingerprint density at radius 3 is 2.36 bits per heavy atom. The van der Waals surface area contributed by atoms with Gasteiger partial charge < -0.3 is 24.4 Å². The zero-order valence-electron chi connectivity index (χ0n) is 15.6. The molecule has 0 atom stereocenters. The van der Waals surface area contributed by atoms with Crippen molar-refractivity contribution in [3.63, 3.8) is 0 Å². The molecule has 2 amide bonds. The Kier molecular flexibility index (Phi) is 8.68. The lowest BCUT2D eigenvalue weighted by Crippen LogP contribution is -2.42. The summed E-state index contributed by atoms with van der Waals surface area (Å²) in [6.07, 6.45) is 1.04. The highest BCUT2D eigenvalue weighted by atomic mass is 16.6. The fraction of sp³-hybridized carbons (Fsp3) is 0.824. The van der Waals surface area contributed by atoms with E-state index in [9.17, 15) is 14.4 Å². The number of nitrogens with zero attached hydrogens (tertiary/aromatic N) is 1. The average Bonchev–Trinajstić information content (AvgIpc) is 2.52. The van der Waals surface area contributed by atoms with Crippen molar-refractivity contribution in [2.75, 3.05) is 32.8 Å². The van der Waals surface area contributed by atoms with Crippen LogP contribution >= 0.6 is 0 Å². The second kappa shape index (κ2) is 10.2. The molecule has 1 saturated heterocycles. The number of esters is 1. The summed E-state index contributed by atoms with van der Waals surface area (Å²) < 4.78 is 15.4. The minimum atomic E-state index is -0.556. The van der Waals surface area contributed by atoms with Gasteiger partial charge in [-0.25, -0.2) is 9.59 Å². The highest BCUT2D eigenvalue weighted by Crippen LogP contribution is 2.14. The fourth-order valence-corrected chi connectivity index (χ4v) is 2.40. The van der Waals surface area contributed by atoms with Crippen LogP contribution in [-0.4, -0.2) is 67.4 Å². The molecule has 1 rings (SSSR count). The summed E-state index contributed by atoms with van der Waals surface area (Å²) in [5.41, 5.74) is -0.556. The summed E-state index contributed by atoms with van der Waals surface area (Å²) in [5.74, 6) is -0.380. The van der Waals surface area contributed by atoms with Gasteiger partial charge in [-0.1, -0.05) is 0 Å². The first-order chi connectivity index (χ1) is 11.7. The van der Waals surface area contributed by atoms with Gasteiger partial charge in [0, 0.05) is 26.1 Å². The number of hydrogen-bond donors (Lipinski definition) is 1. The molecule has 0 unspecified atom stereocenters. The van der Waals surface area contributed by atoms with E-state index in [2.05, 4.69) is 5.32 Å². The molecule has 144 valence electrons. The van der Waals surface area contributed by atoms with E-state index >= 15 is 0 Å². The fourth-order valence-electron chi connectivity index (χ4n) is 2.40. The zero-order chi connectivity index (χ0) is 18.9. The highest BCUT2D eigenvalue weighted by Gasteiger charge is 2.24. The molecule has 1 aliphatic heterocycles. The maximum atomic E-state index is 12.1. The van der Waals surface area contributed by atoms with Gasteiger partial charge >= 0.3 is 12.1 Å². The molecule has 1 heterocycles. The van der Waals surface area contributed by atoms with Gasteiger partial charge in [-0.2, -0.15) is 0 Å². The molecule has 0 bridgehead atoms. The van der Waals surface area contributed by atoms with Gasteiger partial charge in [0.15, 0.2) is 0 Å². The third-order valence-corrected chi connectivity index (χ3v) is 3.54. The van der Waals surface area contributed by atoms with Gasteiger partial charge in [-0.3, -0.25) is 4.79 Å². The summed E-state index contributed by atoms with van der Waals surface area (Å²) >= 11 is 0. The van der Waals surface area contributed by atoms with Gasteiger partial charge in [0.2, 0.25) is 5.91 Å². The molecule has 1 N–H and O–H groups in total. The van der Waals surface area contributed by atoms with Gasteiger partial charge in [-0.15, -0.1) is 0 Å². The maximum Gasteiger partial charge on any atom is 0.407 e. The zero-order valence-corrected chi connectivity index (χ0v) is 15.6. The Morgan fingerprint density at radius 2 is 1.80 bits per heavy atom. The van der Waals surface area contributed by atoms with Crippen LogP contribution < -0.4 is 5.32 Å². The molecule has 8 nitrogen and oxygen atoms in total. The number of ether oxygens (including phenoxy) is 3. The van der Waals surface area contributed by atoms with E-state index in [1.807, 2.05) is 0 Å². The number of alkyl carbamates (subject to hydrolysis) is 1. The molecule has 25 heavy (non-hydrogen) atoms. The van der Waals surface area contributed by atoms with Crippen LogP contribution in [0.25, 0.3) is 0 Å². The largest absolute Gasteiger partial charge is 0.464 e. The van der Waals surface area contributed by atoms with Crippen molar-refractivity contribution < 1.29 is 28.6 Å². The Hall–Kier alpha value is -1.83. The number of carbonyl (C=O) groups is 3. The summed E-state index contributed by atoms with van der Waals surface area (Å²) in [6, 6.07) is 0. The van der Waals surface area contributed by atoms with Crippen molar-refractivity contribution in [1.29, 1.82) is 0 Å². The minimum Gasteiger partial charge on any atom is -0.464 e. The van der Waals surface area contributed by atoms with Crippen LogP contribution in [0.15, 0.2) is 0 Å². The van der Waals surface area contributed by atoms with E-state index in [0.29, 0.717) is 32.5 Å². The lowest BCUT2D eigenvalue weighted by atomic mass is 10.1. The van der Waals surface area contributed by atoms with E-state index < -0.39 is 11.7 Å². The number of amides is 2. The molecule has 1 fully saturated rings. The van der Waals surface area contributed by atoms with Crippen LogP contribution in [0.5, 0.6) is 0 Å². The number of likely N-dealkylation sites (tertiary alicyclic amines) is 1. The summed E-state index contributed by atoms with van der Waals surface area (Å²) in [4.78, 5) is 36.7. The Balaban J connectivity index is 2.18. The lowest BCUT2D eigenvalue weighted by Gasteiger charge is -2.31. The van der Waals surface area contributed by atoms with Crippen molar-refractivity contribution in [2.24, 2.45) is 0 Å². The highest BCUT2D eigenvalue weighted by molar-refractivity contribution is 5.77. The van der Waals surface area contributed by atoms with Crippen LogP contribution in [0.1, 0.15) is 47.0 Å². The second-order valence-corrected chi connectivity index (χ2v) is 6.87. The molecule has 0 aliphatic carbocycles. The average molecular weight is 358 g/mol. The molecule has 0 spiro atoms. The number of hydrogen-bond acceptors (Lipinski definition) is 6. The predicted octanol–water partition coefficient (Wildman–Crippen LogP) is 1.47. The normalized spacial score (nSPS) is 15.6. The first-order valence-corrected chi connectivity index (χ1v) is 8.73. The van der Waals surface area contributed by atoms with Crippen molar-refractivity contribution >= 4 is 18.0 Å². The molecular formula is C17H30N2O6. The van der Waals surface area contributed by atoms with Gasteiger partial charge in [-0.05, 0) is 40.5 Å². The molecule has 1 aliphatic rings. The van der Waals surface area contributed by atoms with Crippen molar-refractivity contribution in [3.05, 3.63) is 0 Å². The van der Waals surface area contributed by atoms with E-state index in [1.165, 1.54) is 0 Å². The quantitative estimate of drug-likeness (QED) is 0.693. The number of carbonyl (C=O) groups excluding carboxylic acids is 3. The molecule has 0 aromatic rings. The molecule has 0 aromatic heterocycles. The van der Waals surface area contributed by atoms with Gasteiger partial charge in [0.05, 0.1) is 12.7 Å². The van der Waals surface area contributed by atoms with Crippen molar-refractivity contribution in [3.8, 4) is 0 Å². The van der Waals surface area contributed by atoms with Crippen LogP contribution in [0.3, 0.4) is 0 Å². The summed E-state index contributed by atoms with van der Waals surface area (Å²) in [5, 5.41) is 2.58. The third-order valence-electron chi connectivity index (χ3n) is 3.54. The first kappa shape index (κ1) is 21.2. The van der Waals surface area contributed by atoms with Crippen molar-refractivity contribution in [2.45, 2.75) is 58.7 Å². The smallest absolute Gasteiger partial charge is 0.407 e. The van der Waals surface area contributed by atoms with Crippen LogP contribution in [0.2, 0.25) is 0 Å². The predicted molar refractivity (Wildman–Crippen MR) is 91.0 cm³/mol. The summed E-state index contributed by atoms with van der Waals surface area (Å²) in [7, 11) is 0. The molecule has 0 radical (unpaired) electrons. The van der Waals surface area contributed by atoms with Gasteiger partial charge in [0.25, 0.3) is 0 Å². The number of piperidine rings is 1. The standard InChI is InChI=1S/C17H30N2O6/c1-5-23-15(21)12-24-13-7-10-19(11-8-13)14(20)6-9-18-16(22)25-17(2,3)4/h13H,5-12H2,1-4H3,(H,18,22). The Labute approximate surface area is 149 Å². The van der Waals surface area contributed by atoms with Crippen LogP contribution in [-0.2, 0) is 23.8 Å². The van der Waals surface area contributed by atoms with Crippen LogP contribution in [0, 0.1) is 0 Å². The Morgan fingerprint density at radius 1 is 1.16 bits per heavy atom. The van der Waals surface area contributed by atoms with E-state index in [-0.39, 0.29) is 37.6 Å². The lowest BCUT2D eigenvalue weighted by molar-refractivity contribution is -0.152. The SMILES string of the molecule is CCOC(=O)COC1CCN(C(=O)CCNC(=O)OC(C)(C)C)CC1. The monoisotopic (exact) mass is 358 g/mol. The summed E-state index contributed by atoms with van der Waals surface area (Å²) in [6.45, 7) is 8.80. The number of rotatable bonds is 7. The van der Waals surface area contributed by atoms with Gasteiger partial charge in [0.1, 0.15) is 12.2 Å². The molecule has 0 saturated carbocycles. The maximum absolute atomic E-state index is 12.1. The van der Waals surface area contributed by atoms with Crippen LogP contribution in [0.4, 0.5) is 4.79 Å². The molecule has 0 aromatic carbocycles. The molecule has 8 heteroatoms. The van der Waals surface area contributed by atoms with E-state index in [1.54, 1.807) is 32.6 Å². The minimum absolute atomic E-state index is 0.0140. The topological polar surface area (TPSA) is 94.2 Å². The number of nitrogens with one attached hydrogen (secondary N) is 1. The van der Waals surface area contributed by atoms with E-state index in [4.69, 9.17) is 14.2 Å². The first-order valence-electron chi connectivity index (χ1n) is 8.73. The third kappa shape index (κ3) is 9.28. The second-order valence-electron chi connectivity index (χ2n) is 6.87. The molecular weight excluding hydrogens is 328 g/mol. The van der Waals surface area contributed by atoms with Crippen molar-refractivity contribution in [1.82, 2.24) is 10.2 Å².